The molecule has 6 heteroatoms. The van der Waals surface area contributed by atoms with E-state index in [-0.39, 0.29) is 11.0 Å². The first-order valence-electron chi connectivity index (χ1n) is 10.2. The van der Waals surface area contributed by atoms with Crippen LogP contribution in [0.5, 0.6) is 5.75 Å². The molecule has 160 valence electrons. The number of carbonyl (C=O) groups is 1. The van der Waals surface area contributed by atoms with Gasteiger partial charge in [-0.15, -0.1) is 0 Å². The van der Waals surface area contributed by atoms with Crippen LogP contribution in [0.4, 0.5) is 5.69 Å². The lowest BCUT2D eigenvalue weighted by Gasteiger charge is -2.19. The Bertz CT molecular complexity index is 941. The van der Waals surface area contributed by atoms with Crippen LogP contribution in [0.3, 0.4) is 0 Å². The second-order valence-electron chi connectivity index (χ2n) is 6.77. The first kappa shape index (κ1) is 22.5. The topological polar surface area (TPSA) is 59.6 Å². The van der Waals surface area contributed by atoms with Gasteiger partial charge in [-0.05, 0) is 42.4 Å². The number of nitrogens with one attached hydrogen (secondary N) is 2. The van der Waals surface area contributed by atoms with Crippen LogP contribution in [0.2, 0.25) is 0 Å². The third kappa shape index (κ3) is 6.91. The Hall–Kier alpha value is -3.22. The highest BCUT2D eigenvalue weighted by Crippen LogP contribution is 2.25. The van der Waals surface area contributed by atoms with Crippen molar-refractivity contribution in [3.8, 4) is 5.75 Å². The number of anilines is 1. The van der Waals surface area contributed by atoms with Crippen LogP contribution in [0.15, 0.2) is 84.9 Å². The molecule has 0 saturated carbocycles. The summed E-state index contributed by atoms with van der Waals surface area (Å²) < 4.78 is 10.9. The largest absolute Gasteiger partial charge is 0.491 e. The minimum atomic E-state index is -0.463. The van der Waals surface area contributed by atoms with Gasteiger partial charge < -0.3 is 20.1 Å². The fraction of sp³-hybridized carbons (Fsp3) is 0.200. The molecule has 5 nitrogen and oxygen atoms in total. The smallest absolute Gasteiger partial charge is 0.238 e. The van der Waals surface area contributed by atoms with Gasteiger partial charge in [-0.2, -0.15) is 0 Å². The minimum absolute atomic E-state index is 0.195. The first-order chi connectivity index (χ1) is 15.2. The van der Waals surface area contributed by atoms with Crippen LogP contribution in [-0.2, 0) is 9.53 Å². The number of benzene rings is 3. The summed E-state index contributed by atoms with van der Waals surface area (Å²) in [7, 11) is 0. The lowest BCUT2D eigenvalue weighted by molar-refractivity contribution is -0.120. The molecule has 0 aliphatic carbocycles. The van der Waals surface area contributed by atoms with Crippen molar-refractivity contribution in [1.82, 2.24) is 5.32 Å². The maximum atomic E-state index is 13.1. The van der Waals surface area contributed by atoms with E-state index in [1.807, 2.05) is 91.9 Å². The molecule has 0 aromatic heterocycles. The molecule has 0 radical (unpaired) electrons. The Morgan fingerprint density at radius 3 is 2.16 bits per heavy atom. The van der Waals surface area contributed by atoms with Gasteiger partial charge in [0.25, 0.3) is 0 Å². The van der Waals surface area contributed by atoms with Crippen molar-refractivity contribution in [3.63, 3.8) is 0 Å². The molecule has 0 aliphatic rings. The standard InChI is InChI=1S/C25H26N2O3S/c1-2-29-16-17-30-22-15-9-14-21(18-22)26-25(31)27-24(28)23(19-10-5-3-6-11-19)20-12-7-4-8-13-20/h3-15,18,23H,2,16-17H2,1H3,(H2,26,27,28,31). The zero-order chi connectivity index (χ0) is 21.9. The molecular formula is C25H26N2O3S. The van der Waals surface area contributed by atoms with Gasteiger partial charge in [0.05, 0.1) is 12.5 Å². The molecule has 0 spiro atoms. The quantitative estimate of drug-likeness (QED) is 0.376. The molecule has 31 heavy (non-hydrogen) atoms. The van der Waals surface area contributed by atoms with Crippen LogP contribution in [0.1, 0.15) is 24.0 Å². The van der Waals surface area contributed by atoms with Crippen LogP contribution < -0.4 is 15.4 Å². The van der Waals surface area contributed by atoms with Crippen molar-refractivity contribution < 1.29 is 14.3 Å². The lowest BCUT2D eigenvalue weighted by atomic mass is 9.90. The number of hydrogen-bond acceptors (Lipinski definition) is 4. The molecule has 1 amide bonds. The zero-order valence-electron chi connectivity index (χ0n) is 17.4. The van der Waals surface area contributed by atoms with E-state index in [4.69, 9.17) is 21.7 Å². The number of amides is 1. The van der Waals surface area contributed by atoms with E-state index >= 15 is 0 Å². The van der Waals surface area contributed by atoms with Crippen molar-refractivity contribution in [3.05, 3.63) is 96.1 Å². The SMILES string of the molecule is CCOCCOc1cccc(NC(=S)NC(=O)C(c2ccccc2)c2ccccc2)c1. The summed E-state index contributed by atoms with van der Waals surface area (Å²) in [6.07, 6.45) is 0. The molecule has 0 fully saturated rings. The van der Waals surface area contributed by atoms with Crippen LogP contribution in [-0.4, -0.2) is 30.8 Å². The summed E-state index contributed by atoms with van der Waals surface area (Å²) >= 11 is 5.39. The summed E-state index contributed by atoms with van der Waals surface area (Å²) in [5.41, 5.74) is 2.53. The van der Waals surface area contributed by atoms with E-state index in [9.17, 15) is 4.79 Å². The van der Waals surface area contributed by atoms with Gasteiger partial charge in [0.1, 0.15) is 12.4 Å². The van der Waals surface area contributed by atoms with Gasteiger partial charge in [-0.25, -0.2) is 0 Å². The highest BCUT2D eigenvalue weighted by atomic mass is 32.1. The van der Waals surface area contributed by atoms with E-state index in [0.29, 0.717) is 25.6 Å². The van der Waals surface area contributed by atoms with E-state index in [1.54, 1.807) is 0 Å². The number of rotatable bonds is 9. The second-order valence-corrected chi connectivity index (χ2v) is 7.18. The molecular weight excluding hydrogens is 408 g/mol. The van der Waals surface area contributed by atoms with Crippen molar-refractivity contribution in [1.29, 1.82) is 0 Å². The van der Waals surface area contributed by atoms with Gasteiger partial charge >= 0.3 is 0 Å². The minimum Gasteiger partial charge on any atom is -0.491 e. The predicted molar refractivity (Wildman–Crippen MR) is 128 cm³/mol. The molecule has 3 aromatic carbocycles. The van der Waals surface area contributed by atoms with Gasteiger partial charge in [-0.3, -0.25) is 4.79 Å². The Morgan fingerprint density at radius 2 is 1.55 bits per heavy atom. The summed E-state index contributed by atoms with van der Waals surface area (Å²) in [4.78, 5) is 13.1. The Labute approximate surface area is 188 Å². The molecule has 3 rings (SSSR count). The van der Waals surface area contributed by atoms with E-state index in [2.05, 4.69) is 10.6 Å². The average molecular weight is 435 g/mol. The van der Waals surface area contributed by atoms with Gasteiger partial charge in [-0.1, -0.05) is 66.7 Å². The molecule has 0 atom stereocenters. The maximum Gasteiger partial charge on any atom is 0.238 e. The third-order valence-corrected chi connectivity index (χ3v) is 4.76. The van der Waals surface area contributed by atoms with E-state index < -0.39 is 5.92 Å². The number of ether oxygens (including phenoxy) is 2. The third-order valence-electron chi connectivity index (χ3n) is 4.56. The van der Waals surface area contributed by atoms with Gasteiger partial charge in [0, 0.05) is 18.4 Å². The average Bonchev–Trinajstić information content (AvgIpc) is 2.78. The monoisotopic (exact) mass is 434 g/mol. The van der Waals surface area contributed by atoms with Crippen molar-refractivity contribution >= 4 is 28.9 Å². The molecule has 0 saturated heterocycles. The van der Waals surface area contributed by atoms with Gasteiger partial charge in [0.15, 0.2) is 5.11 Å². The molecule has 3 aromatic rings. The molecule has 0 heterocycles. The molecule has 2 N–H and O–H groups in total. The summed E-state index contributed by atoms with van der Waals surface area (Å²) in [6.45, 7) is 3.60. The first-order valence-corrected chi connectivity index (χ1v) is 10.6. The van der Waals surface area contributed by atoms with Crippen LogP contribution >= 0.6 is 12.2 Å². The molecule has 0 unspecified atom stereocenters. The Balaban J connectivity index is 1.65. The number of hydrogen-bond donors (Lipinski definition) is 2. The summed E-state index contributed by atoms with van der Waals surface area (Å²) in [5.74, 6) is 0.0414. The lowest BCUT2D eigenvalue weighted by Crippen LogP contribution is -2.37. The maximum absolute atomic E-state index is 13.1. The fourth-order valence-corrected chi connectivity index (χ4v) is 3.38. The van der Waals surface area contributed by atoms with E-state index in [0.717, 1.165) is 16.8 Å². The highest BCUT2D eigenvalue weighted by Gasteiger charge is 2.23. The van der Waals surface area contributed by atoms with E-state index in [1.165, 1.54) is 0 Å². The normalized spacial score (nSPS) is 10.5. The molecule has 0 aliphatic heterocycles. The number of carbonyl (C=O) groups excluding carboxylic acids is 1. The zero-order valence-corrected chi connectivity index (χ0v) is 18.2. The van der Waals surface area contributed by atoms with Crippen molar-refractivity contribution in [2.24, 2.45) is 0 Å². The van der Waals surface area contributed by atoms with Crippen molar-refractivity contribution in [2.75, 3.05) is 25.1 Å². The predicted octanol–water partition coefficient (Wildman–Crippen LogP) is 4.75. The van der Waals surface area contributed by atoms with Crippen LogP contribution in [0, 0.1) is 0 Å². The second kappa shape index (κ2) is 11.8. The Morgan fingerprint density at radius 1 is 0.903 bits per heavy atom. The highest BCUT2D eigenvalue weighted by molar-refractivity contribution is 7.80. The van der Waals surface area contributed by atoms with Crippen molar-refractivity contribution in [2.45, 2.75) is 12.8 Å². The van der Waals surface area contributed by atoms with Gasteiger partial charge in [0.2, 0.25) is 5.91 Å². The Kier molecular flexibility index (Phi) is 8.58. The number of thiocarbonyl (C=S) groups is 1. The fourth-order valence-electron chi connectivity index (χ4n) is 3.16. The molecule has 0 bridgehead atoms. The summed E-state index contributed by atoms with van der Waals surface area (Å²) in [5, 5.41) is 6.12. The van der Waals surface area contributed by atoms with Crippen LogP contribution in [0.25, 0.3) is 0 Å². The summed E-state index contributed by atoms with van der Waals surface area (Å²) in [6, 6.07) is 26.7.